The zero-order valence-corrected chi connectivity index (χ0v) is 18.1. The van der Waals surface area contributed by atoms with Crippen LogP contribution in [0.2, 0.25) is 0 Å². The summed E-state index contributed by atoms with van der Waals surface area (Å²) in [5.74, 6) is 0.613. The number of nitrogens with zero attached hydrogens (tertiary/aromatic N) is 3. The number of sulfone groups is 1. The average Bonchev–Trinajstić information content (AvgIpc) is 2.58. The Hall–Kier alpha value is -1.65. The molecule has 152 valence electrons. The predicted molar refractivity (Wildman–Crippen MR) is 107 cm³/mol. The van der Waals surface area contributed by atoms with Gasteiger partial charge in [-0.05, 0) is 25.5 Å². The minimum Gasteiger partial charge on any atom is -0.352 e. The fourth-order valence-corrected chi connectivity index (χ4v) is 5.41. The summed E-state index contributed by atoms with van der Waals surface area (Å²) in [6.07, 6.45) is 0. The quantitative estimate of drug-likeness (QED) is 0.568. The Kier molecular flexibility index (Phi) is 6.23. The van der Waals surface area contributed by atoms with Crippen molar-refractivity contribution in [3.8, 4) is 0 Å². The van der Waals surface area contributed by atoms with E-state index in [1.807, 2.05) is 4.90 Å². The zero-order valence-electron chi connectivity index (χ0n) is 16.4. The van der Waals surface area contributed by atoms with Crippen LogP contribution >= 0.6 is 0 Å². The molecule has 0 amide bonds. The Morgan fingerprint density at radius 3 is 2.48 bits per heavy atom. The van der Waals surface area contributed by atoms with Gasteiger partial charge in [-0.25, -0.2) is 21.1 Å². The Bertz CT molecular complexity index is 922. The van der Waals surface area contributed by atoms with Crippen molar-refractivity contribution in [3.63, 3.8) is 0 Å². The van der Waals surface area contributed by atoms with Gasteiger partial charge in [-0.1, -0.05) is 18.2 Å². The number of nitrogens with one attached hydrogen (secondary N) is 1. The normalized spacial score (nSPS) is 19.9. The molecule has 1 aromatic rings. The first-order valence-electron chi connectivity index (χ1n) is 8.61. The van der Waals surface area contributed by atoms with Crippen LogP contribution in [0.15, 0.2) is 34.2 Å². The highest BCUT2D eigenvalue weighted by Crippen LogP contribution is 2.24. The van der Waals surface area contributed by atoms with Crippen LogP contribution in [-0.4, -0.2) is 76.7 Å². The summed E-state index contributed by atoms with van der Waals surface area (Å²) in [6, 6.07) is 6.80. The number of guanidine groups is 1. The molecule has 0 aliphatic carbocycles. The lowest BCUT2D eigenvalue weighted by atomic mass is 10.2. The van der Waals surface area contributed by atoms with Gasteiger partial charge < -0.3 is 10.2 Å². The van der Waals surface area contributed by atoms with E-state index in [1.54, 1.807) is 45.2 Å². The largest absolute Gasteiger partial charge is 0.352 e. The minimum absolute atomic E-state index is 0.0618. The van der Waals surface area contributed by atoms with E-state index in [9.17, 15) is 16.8 Å². The van der Waals surface area contributed by atoms with Gasteiger partial charge in [0, 0.05) is 40.8 Å². The minimum atomic E-state index is -3.56. The van der Waals surface area contributed by atoms with Crippen molar-refractivity contribution < 1.29 is 16.8 Å². The molecule has 8 nitrogen and oxygen atoms in total. The number of sulfonamides is 1. The molecule has 0 atom stereocenters. The lowest BCUT2D eigenvalue weighted by Gasteiger charge is -2.39. The molecule has 1 aliphatic heterocycles. The van der Waals surface area contributed by atoms with Crippen LogP contribution in [0.25, 0.3) is 0 Å². The average molecular weight is 417 g/mol. The topological polar surface area (TPSA) is 99.2 Å². The Balaban J connectivity index is 2.20. The van der Waals surface area contributed by atoms with Gasteiger partial charge in [-0.3, -0.25) is 4.99 Å². The maximum atomic E-state index is 12.5. The highest BCUT2D eigenvalue weighted by molar-refractivity contribution is 7.92. The van der Waals surface area contributed by atoms with Crippen molar-refractivity contribution in [3.05, 3.63) is 29.8 Å². The monoisotopic (exact) mass is 416 g/mol. The second kappa shape index (κ2) is 7.76. The lowest BCUT2D eigenvalue weighted by Crippen LogP contribution is -2.57. The Morgan fingerprint density at radius 1 is 1.30 bits per heavy atom. The van der Waals surface area contributed by atoms with Gasteiger partial charge in [0.25, 0.3) is 0 Å². The molecule has 1 heterocycles. The third kappa shape index (κ3) is 4.44. The highest BCUT2D eigenvalue weighted by atomic mass is 32.2. The van der Waals surface area contributed by atoms with Crippen molar-refractivity contribution >= 4 is 25.8 Å². The van der Waals surface area contributed by atoms with E-state index in [2.05, 4.69) is 10.3 Å². The van der Waals surface area contributed by atoms with E-state index in [0.717, 1.165) is 0 Å². The number of hydrogen-bond acceptors (Lipinski definition) is 5. The van der Waals surface area contributed by atoms with Crippen molar-refractivity contribution in [2.45, 2.75) is 30.0 Å². The van der Waals surface area contributed by atoms with Crippen LogP contribution < -0.4 is 5.32 Å². The first-order valence-corrected chi connectivity index (χ1v) is 11.7. The smallest absolute Gasteiger partial charge is 0.242 e. The summed E-state index contributed by atoms with van der Waals surface area (Å²) in [5.41, 5.74) is 0.622. The third-order valence-corrected chi connectivity index (χ3v) is 9.17. The van der Waals surface area contributed by atoms with E-state index in [0.29, 0.717) is 24.6 Å². The SMILES string of the molecule is CN=C(NCc1ccccc1S(=O)(=O)N(C)C)N1CCS(=O)(=O)C(C)(C)C1. The van der Waals surface area contributed by atoms with Gasteiger partial charge in [0.2, 0.25) is 10.0 Å². The fourth-order valence-electron chi connectivity index (χ4n) is 2.93. The molecule has 27 heavy (non-hydrogen) atoms. The molecule has 2 rings (SSSR count). The van der Waals surface area contributed by atoms with Gasteiger partial charge in [-0.15, -0.1) is 0 Å². The van der Waals surface area contributed by atoms with E-state index in [1.165, 1.54) is 18.4 Å². The second-order valence-electron chi connectivity index (χ2n) is 7.30. The van der Waals surface area contributed by atoms with E-state index >= 15 is 0 Å². The summed E-state index contributed by atoms with van der Waals surface area (Å²) in [7, 11) is -2.09. The summed E-state index contributed by atoms with van der Waals surface area (Å²) in [4.78, 5) is 6.37. The zero-order chi connectivity index (χ0) is 20.5. The van der Waals surface area contributed by atoms with E-state index in [4.69, 9.17) is 0 Å². The van der Waals surface area contributed by atoms with Crippen LogP contribution in [0, 0.1) is 0 Å². The first kappa shape index (κ1) is 21.6. The second-order valence-corrected chi connectivity index (χ2v) is 12.2. The number of hydrogen-bond donors (Lipinski definition) is 1. The molecule has 0 spiro atoms. The molecule has 1 aromatic carbocycles. The molecular formula is C17H28N4O4S2. The summed E-state index contributed by atoms with van der Waals surface area (Å²) >= 11 is 0. The number of aliphatic imine (C=N–C) groups is 1. The van der Waals surface area contributed by atoms with Crippen molar-refractivity contribution in [1.29, 1.82) is 0 Å². The molecule has 0 radical (unpaired) electrons. The summed E-state index contributed by atoms with van der Waals surface area (Å²) in [5, 5.41) is 3.17. The summed E-state index contributed by atoms with van der Waals surface area (Å²) < 4.78 is 49.7. The number of benzene rings is 1. The van der Waals surface area contributed by atoms with E-state index < -0.39 is 24.6 Å². The Morgan fingerprint density at radius 2 is 1.93 bits per heavy atom. The van der Waals surface area contributed by atoms with Crippen molar-refractivity contribution in [2.75, 3.05) is 40.0 Å². The maximum absolute atomic E-state index is 12.5. The number of rotatable bonds is 4. The standard InChI is InChI=1S/C17H28N4O4S2/c1-17(2)13-21(10-11-26(17,22)23)16(18-3)19-12-14-8-6-7-9-15(14)27(24,25)20(4)5/h6-9H,10-13H2,1-5H3,(H,18,19). The molecule has 1 aliphatic rings. The molecule has 1 N–H and O–H groups in total. The van der Waals surface area contributed by atoms with Gasteiger partial charge in [0.05, 0.1) is 15.4 Å². The van der Waals surface area contributed by atoms with Crippen LogP contribution in [-0.2, 0) is 26.4 Å². The highest BCUT2D eigenvalue weighted by Gasteiger charge is 2.41. The fraction of sp³-hybridized carbons (Fsp3) is 0.588. The Labute approximate surface area is 162 Å². The molecular weight excluding hydrogens is 388 g/mol. The van der Waals surface area contributed by atoms with Crippen LogP contribution in [0.4, 0.5) is 0 Å². The van der Waals surface area contributed by atoms with Crippen LogP contribution in [0.3, 0.4) is 0 Å². The van der Waals surface area contributed by atoms with Crippen molar-refractivity contribution in [2.24, 2.45) is 4.99 Å². The molecule has 0 saturated carbocycles. The van der Waals surface area contributed by atoms with Gasteiger partial charge in [0.15, 0.2) is 15.8 Å². The van der Waals surface area contributed by atoms with Crippen LogP contribution in [0.5, 0.6) is 0 Å². The first-order chi connectivity index (χ1) is 12.4. The van der Waals surface area contributed by atoms with Gasteiger partial charge >= 0.3 is 0 Å². The van der Waals surface area contributed by atoms with Gasteiger partial charge in [0.1, 0.15) is 0 Å². The van der Waals surface area contributed by atoms with Gasteiger partial charge in [-0.2, -0.15) is 0 Å². The van der Waals surface area contributed by atoms with Crippen molar-refractivity contribution in [1.82, 2.24) is 14.5 Å². The van der Waals surface area contributed by atoms with Crippen LogP contribution in [0.1, 0.15) is 19.4 Å². The molecule has 0 bridgehead atoms. The lowest BCUT2D eigenvalue weighted by molar-refractivity contribution is 0.353. The molecule has 10 heteroatoms. The molecule has 0 unspecified atom stereocenters. The predicted octanol–water partition coefficient (Wildman–Crippen LogP) is 0.521. The molecule has 1 saturated heterocycles. The molecule has 0 aromatic heterocycles. The molecule has 1 fully saturated rings. The van der Waals surface area contributed by atoms with E-state index in [-0.39, 0.29) is 17.2 Å². The maximum Gasteiger partial charge on any atom is 0.242 e. The third-order valence-electron chi connectivity index (χ3n) is 4.72. The summed E-state index contributed by atoms with van der Waals surface area (Å²) in [6.45, 7) is 4.36.